The van der Waals surface area contributed by atoms with Crippen LogP contribution < -0.4 is 0 Å². The van der Waals surface area contributed by atoms with Crippen LogP contribution in [0, 0.1) is 6.92 Å². The molecule has 16 heavy (non-hydrogen) atoms. The highest BCUT2D eigenvalue weighted by Gasteiger charge is 2.31. The van der Waals surface area contributed by atoms with Crippen LogP contribution in [0.3, 0.4) is 0 Å². The lowest BCUT2D eigenvalue weighted by atomic mass is 10.1. The zero-order valence-electron chi connectivity index (χ0n) is 8.89. The average Bonchev–Trinajstić information content (AvgIpc) is 2.14. The molecule has 0 fully saturated rings. The van der Waals surface area contributed by atoms with E-state index in [2.05, 4.69) is 0 Å². The maximum Gasteiger partial charge on any atom is 0.446 e. The molecule has 1 nitrogen and oxygen atoms in total. The van der Waals surface area contributed by atoms with Gasteiger partial charge < -0.3 is 0 Å². The van der Waals surface area contributed by atoms with Crippen LogP contribution in [0.5, 0.6) is 0 Å². The van der Waals surface area contributed by atoms with E-state index in [4.69, 9.17) is 0 Å². The number of Topliss-reactive ketones (excluding diaryl/α,β-unsaturated/α-hetero) is 1. The molecular formula is C11H11F3OS. The third kappa shape index (κ3) is 3.56. The van der Waals surface area contributed by atoms with E-state index >= 15 is 0 Å². The van der Waals surface area contributed by atoms with E-state index in [0.717, 1.165) is 0 Å². The predicted molar refractivity (Wildman–Crippen MR) is 57.7 cm³/mol. The van der Waals surface area contributed by atoms with Crippen molar-refractivity contribution in [1.29, 1.82) is 0 Å². The zero-order chi connectivity index (χ0) is 12.3. The molecule has 0 aromatic heterocycles. The maximum absolute atomic E-state index is 12.3. The van der Waals surface area contributed by atoms with E-state index in [9.17, 15) is 18.0 Å². The van der Waals surface area contributed by atoms with Crippen molar-refractivity contribution < 1.29 is 18.0 Å². The molecule has 0 heterocycles. The van der Waals surface area contributed by atoms with Gasteiger partial charge in [0.1, 0.15) is 0 Å². The van der Waals surface area contributed by atoms with Gasteiger partial charge in [-0.25, -0.2) is 0 Å². The fourth-order valence-electron chi connectivity index (χ4n) is 1.26. The van der Waals surface area contributed by atoms with E-state index in [-0.39, 0.29) is 34.4 Å². The van der Waals surface area contributed by atoms with Crippen molar-refractivity contribution >= 4 is 17.5 Å². The van der Waals surface area contributed by atoms with Crippen molar-refractivity contribution in [3.05, 3.63) is 29.3 Å². The van der Waals surface area contributed by atoms with Crippen LogP contribution in [0.2, 0.25) is 0 Å². The Balaban J connectivity index is 3.13. The molecule has 88 valence electrons. The van der Waals surface area contributed by atoms with Gasteiger partial charge in [-0.2, -0.15) is 13.2 Å². The van der Waals surface area contributed by atoms with E-state index in [1.165, 1.54) is 12.1 Å². The molecule has 1 aromatic rings. The molecular weight excluding hydrogens is 237 g/mol. The minimum absolute atomic E-state index is 0.0145. The average molecular weight is 248 g/mol. The molecule has 1 rings (SSSR count). The molecule has 0 amide bonds. The Hall–Kier alpha value is -0.970. The number of carbonyl (C=O) groups excluding carboxylic acids is 1. The van der Waals surface area contributed by atoms with Crippen molar-refractivity contribution in [2.45, 2.75) is 30.7 Å². The number of halogens is 3. The fourth-order valence-corrected chi connectivity index (χ4v) is 2.05. The first-order chi connectivity index (χ1) is 7.33. The van der Waals surface area contributed by atoms with Gasteiger partial charge in [0.15, 0.2) is 5.78 Å². The number of benzene rings is 1. The Morgan fingerprint density at radius 1 is 1.38 bits per heavy atom. The second-order valence-corrected chi connectivity index (χ2v) is 4.43. The summed E-state index contributed by atoms with van der Waals surface area (Å²) in [6, 6.07) is 4.49. The second-order valence-electron chi connectivity index (χ2n) is 3.32. The van der Waals surface area contributed by atoms with Crippen molar-refractivity contribution in [3.63, 3.8) is 0 Å². The van der Waals surface area contributed by atoms with Gasteiger partial charge in [-0.05, 0) is 30.3 Å². The van der Waals surface area contributed by atoms with Gasteiger partial charge in [-0.1, -0.05) is 19.1 Å². The van der Waals surface area contributed by atoms with Gasteiger partial charge in [0.25, 0.3) is 0 Å². The standard InChI is InChI=1S/C11H11F3OS/c1-3-9(15)8-5-4-7(2)6-10(8)16-11(12,13)14/h4-6H,3H2,1-2H3. The summed E-state index contributed by atoms with van der Waals surface area (Å²) in [5.41, 5.74) is -3.51. The van der Waals surface area contributed by atoms with Crippen LogP contribution in [-0.2, 0) is 0 Å². The van der Waals surface area contributed by atoms with Crippen LogP contribution in [0.15, 0.2) is 23.1 Å². The van der Waals surface area contributed by atoms with Gasteiger partial charge in [0, 0.05) is 16.9 Å². The first-order valence-corrected chi connectivity index (χ1v) is 5.54. The fraction of sp³-hybridized carbons (Fsp3) is 0.364. The van der Waals surface area contributed by atoms with Gasteiger partial charge in [-0.3, -0.25) is 4.79 Å². The summed E-state index contributed by atoms with van der Waals surface area (Å²) in [7, 11) is 0. The minimum atomic E-state index is -4.36. The van der Waals surface area contributed by atoms with E-state index in [1.54, 1.807) is 19.9 Å². The second kappa shape index (κ2) is 4.91. The highest BCUT2D eigenvalue weighted by atomic mass is 32.2. The zero-order valence-corrected chi connectivity index (χ0v) is 9.71. The van der Waals surface area contributed by atoms with Crippen LogP contribution in [-0.4, -0.2) is 11.3 Å². The number of carbonyl (C=O) groups is 1. The molecule has 1 aromatic carbocycles. The normalized spacial score (nSPS) is 11.6. The molecule has 0 aliphatic carbocycles. The predicted octanol–water partition coefficient (Wildman–Crippen LogP) is 4.20. The number of alkyl halides is 3. The summed E-state index contributed by atoms with van der Waals surface area (Å²) in [5, 5.41) is 0. The number of thioether (sulfide) groups is 1. The van der Waals surface area contributed by atoms with Crippen molar-refractivity contribution in [1.82, 2.24) is 0 Å². The Bertz CT molecular complexity index is 399. The van der Waals surface area contributed by atoms with E-state index in [1.807, 2.05) is 0 Å². The smallest absolute Gasteiger partial charge is 0.294 e. The summed E-state index contributed by atoms with van der Waals surface area (Å²) in [4.78, 5) is 11.4. The summed E-state index contributed by atoms with van der Waals surface area (Å²) in [5.74, 6) is -0.272. The molecule has 0 bridgehead atoms. The molecule has 0 spiro atoms. The molecule has 0 N–H and O–H groups in total. The summed E-state index contributed by atoms with van der Waals surface area (Å²) >= 11 is -0.236. The third-order valence-corrected chi connectivity index (χ3v) is 2.77. The molecule has 0 radical (unpaired) electrons. The van der Waals surface area contributed by atoms with Crippen molar-refractivity contribution in [2.24, 2.45) is 0 Å². The SMILES string of the molecule is CCC(=O)c1ccc(C)cc1SC(F)(F)F. The van der Waals surface area contributed by atoms with Crippen LogP contribution in [0.1, 0.15) is 29.3 Å². The quantitative estimate of drug-likeness (QED) is 0.589. The van der Waals surface area contributed by atoms with Gasteiger partial charge in [0.05, 0.1) is 0 Å². The number of aryl methyl sites for hydroxylation is 1. The summed E-state index contributed by atoms with van der Waals surface area (Å²) < 4.78 is 36.8. The maximum atomic E-state index is 12.3. The van der Waals surface area contributed by atoms with Gasteiger partial charge >= 0.3 is 5.51 Å². The Kier molecular flexibility index (Phi) is 4.02. The molecule has 0 aliphatic heterocycles. The Labute approximate surface area is 96.0 Å². The lowest BCUT2D eigenvalue weighted by Gasteiger charge is -2.10. The minimum Gasteiger partial charge on any atom is -0.294 e. The van der Waals surface area contributed by atoms with Crippen molar-refractivity contribution in [2.75, 3.05) is 0 Å². The molecule has 0 atom stereocenters. The molecule has 0 unspecified atom stereocenters. The van der Waals surface area contributed by atoms with Gasteiger partial charge in [0.2, 0.25) is 0 Å². The summed E-state index contributed by atoms with van der Waals surface area (Å²) in [6.45, 7) is 3.32. The van der Waals surface area contributed by atoms with Gasteiger partial charge in [-0.15, -0.1) is 0 Å². The third-order valence-electron chi connectivity index (χ3n) is 1.98. The largest absolute Gasteiger partial charge is 0.446 e. The monoisotopic (exact) mass is 248 g/mol. The highest BCUT2D eigenvalue weighted by molar-refractivity contribution is 8.00. The lowest BCUT2D eigenvalue weighted by molar-refractivity contribution is -0.0328. The van der Waals surface area contributed by atoms with E-state index in [0.29, 0.717) is 5.56 Å². The first-order valence-electron chi connectivity index (χ1n) is 4.73. The van der Waals surface area contributed by atoms with Crippen LogP contribution in [0.25, 0.3) is 0 Å². The molecule has 0 aliphatic rings. The molecule has 5 heteroatoms. The molecule has 0 saturated carbocycles. The van der Waals surface area contributed by atoms with Crippen LogP contribution in [0.4, 0.5) is 13.2 Å². The number of ketones is 1. The summed E-state index contributed by atoms with van der Waals surface area (Å²) in [6.07, 6.45) is 0.203. The number of hydrogen-bond acceptors (Lipinski definition) is 2. The highest BCUT2D eigenvalue weighted by Crippen LogP contribution is 2.39. The molecule has 0 saturated heterocycles. The first kappa shape index (κ1) is 13.1. The van der Waals surface area contributed by atoms with E-state index < -0.39 is 5.51 Å². The van der Waals surface area contributed by atoms with Crippen LogP contribution >= 0.6 is 11.8 Å². The Morgan fingerprint density at radius 3 is 2.50 bits per heavy atom. The topological polar surface area (TPSA) is 17.1 Å². The lowest BCUT2D eigenvalue weighted by Crippen LogP contribution is -2.05. The van der Waals surface area contributed by atoms with Crippen molar-refractivity contribution in [3.8, 4) is 0 Å². The number of hydrogen-bond donors (Lipinski definition) is 0. The number of rotatable bonds is 3. The Morgan fingerprint density at radius 2 is 2.00 bits per heavy atom.